The van der Waals surface area contributed by atoms with Gasteiger partial charge in [-0.05, 0) is 55.2 Å². The summed E-state index contributed by atoms with van der Waals surface area (Å²) in [5.41, 5.74) is 0.600. The lowest BCUT2D eigenvalue weighted by atomic mass is 10.1. The number of carbonyl (C=O) groups excluding carboxylic acids is 2. The van der Waals surface area contributed by atoms with Gasteiger partial charge in [-0.3, -0.25) is 14.7 Å². The third kappa shape index (κ3) is 3.10. The Morgan fingerprint density at radius 1 is 1.17 bits per heavy atom. The zero-order chi connectivity index (χ0) is 21.0. The quantitative estimate of drug-likeness (QED) is 0.712. The molecule has 2 aliphatic rings. The van der Waals surface area contributed by atoms with Crippen LogP contribution >= 0.6 is 0 Å². The molecule has 152 valence electrons. The van der Waals surface area contributed by atoms with Gasteiger partial charge >= 0.3 is 12.4 Å². The lowest BCUT2D eigenvalue weighted by Gasteiger charge is -2.22. The maximum atomic E-state index is 13.2. The van der Waals surface area contributed by atoms with Crippen molar-refractivity contribution in [1.82, 2.24) is 4.98 Å². The van der Waals surface area contributed by atoms with Gasteiger partial charge in [0.25, 0.3) is 5.91 Å². The number of amides is 3. The molecule has 1 aliphatic heterocycles. The van der Waals surface area contributed by atoms with Crippen molar-refractivity contribution >= 4 is 23.3 Å². The largest absolute Gasteiger partial charge is 0.573 e. The van der Waals surface area contributed by atoms with E-state index in [1.54, 1.807) is 18.3 Å². The van der Waals surface area contributed by atoms with Crippen LogP contribution in [0.25, 0.3) is 0 Å². The predicted octanol–water partition coefficient (Wildman–Crippen LogP) is 4.29. The van der Waals surface area contributed by atoms with Gasteiger partial charge in [0.2, 0.25) is 0 Å². The van der Waals surface area contributed by atoms with Crippen LogP contribution in [0.1, 0.15) is 26.0 Å². The highest BCUT2D eigenvalue weighted by atomic mass is 19.4. The van der Waals surface area contributed by atoms with Crippen LogP contribution in [0.2, 0.25) is 0 Å². The molecule has 1 saturated heterocycles. The molecule has 2 fully saturated rings. The van der Waals surface area contributed by atoms with Gasteiger partial charge in [-0.1, -0.05) is 13.8 Å². The normalized spacial score (nSPS) is 23.8. The van der Waals surface area contributed by atoms with Crippen LogP contribution in [0.15, 0.2) is 42.6 Å². The van der Waals surface area contributed by atoms with Crippen LogP contribution in [-0.4, -0.2) is 28.8 Å². The summed E-state index contributed by atoms with van der Waals surface area (Å²) in [6, 6.07) is 7.63. The molecule has 6 nitrogen and oxygen atoms in total. The van der Waals surface area contributed by atoms with E-state index in [0.717, 1.165) is 22.7 Å². The van der Waals surface area contributed by atoms with Gasteiger partial charge < -0.3 is 4.74 Å². The van der Waals surface area contributed by atoms with Gasteiger partial charge in [-0.15, -0.1) is 13.2 Å². The van der Waals surface area contributed by atoms with E-state index >= 15 is 0 Å². The van der Waals surface area contributed by atoms with Crippen molar-refractivity contribution in [3.05, 3.63) is 48.3 Å². The van der Waals surface area contributed by atoms with Crippen LogP contribution in [0.4, 0.5) is 29.3 Å². The second kappa shape index (κ2) is 6.47. The Hall–Kier alpha value is -3.10. The first-order valence-electron chi connectivity index (χ1n) is 9.17. The van der Waals surface area contributed by atoms with Crippen molar-refractivity contribution in [2.24, 2.45) is 5.92 Å². The highest BCUT2D eigenvalue weighted by molar-refractivity contribution is 6.31. The topological polar surface area (TPSA) is 62.7 Å². The second-order valence-corrected chi connectivity index (χ2v) is 7.19. The Kier molecular flexibility index (Phi) is 4.29. The van der Waals surface area contributed by atoms with Gasteiger partial charge in [0, 0.05) is 17.6 Å². The average molecular weight is 405 g/mol. The molecule has 2 atom stereocenters. The summed E-state index contributed by atoms with van der Waals surface area (Å²) in [5.74, 6) is -0.835. The molecule has 2 unspecified atom stereocenters. The number of aromatic nitrogens is 1. The number of carbonyl (C=O) groups is 2. The van der Waals surface area contributed by atoms with E-state index in [1.807, 2.05) is 13.8 Å². The summed E-state index contributed by atoms with van der Waals surface area (Å²) >= 11 is 0. The minimum absolute atomic E-state index is 0.0324. The van der Waals surface area contributed by atoms with E-state index in [4.69, 9.17) is 0 Å². The monoisotopic (exact) mass is 405 g/mol. The molecule has 1 aromatic heterocycles. The lowest BCUT2D eigenvalue weighted by molar-refractivity contribution is -0.274. The number of urea groups is 1. The summed E-state index contributed by atoms with van der Waals surface area (Å²) in [6.45, 7) is 3.83. The first-order valence-corrected chi connectivity index (χ1v) is 9.17. The standard InChI is InChI=1S/C20H18F3N3O3/c1-3-13-10-15(8-9-24-13)26-18(28)25(17(27)19(26)11-12(19)2)14-4-6-16(7-5-14)29-20(21,22)23/h4-10,12H,3,11H2,1-2H3. The molecule has 1 saturated carbocycles. The number of rotatable bonds is 4. The van der Waals surface area contributed by atoms with Crippen molar-refractivity contribution in [2.45, 2.75) is 38.6 Å². The van der Waals surface area contributed by atoms with E-state index in [2.05, 4.69) is 9.72 Å². The van der Waals surface area contributed by atoms with E-state index in [9.17, 15) is 22.8 Å². The summed E-state index contributed by atoms with van der Waals surface area (Å²) in [5, 5.41) is 0. The van der Waals surface area contributed by atoms with E-state index in [1.165, 1.54) is 17.0 Å². The van der Waals surface area contributed by atoms with Gasteiger partial charge in [0.15, 0.2) is 0 Å². The Morgan fingerprint density at radius 2 is 1.83 bits per heavy atom. The molecule has 2 aromatic rings. The molecular weight excluding hydrogens is 387 g/mol. The van der Waals surface area contributed by atoms with Crippen LogP contribution < -0.4 is 14.5 Å². The third-order valence-corrected chi connectivity index (χ3v) is 5.38. The van der Waals surface area contributed by atoms with Crippen molar-refractivity contribution in [2.75, 3.05) is 9.80 Å². The predicted molar refractivity (Wildman–Crippen MR) is 98.6 cm³/mol. The fourth-order valence-electron chi connectivity index (χ4n) is 3.83. The maximum absolute atomic E-state index is 13.2. The molecule has 0 N–H and O–H groups in total. The van der Waals surface area contributed by atoms with E-state index < -0.39 is 23.7 Å². The number of hydrogen-bond acceptors (Lipinski definition) is 4. The lowest BCUT2D eigenvalue weighted by Crippen LogP contribution is -2.39. The molecule has 0 bridgehead atoms. The van der Waals surface area contributed by atoms with Crippen LogP contribution in [0, 0.1) is 5.92 Å². The number of benzene rings is 1. The fraction of sp³-hybridized carbons (Fsp3) is 0.350. The number of hydrogen-bond donors (Lipinski definition) is 0. The second-order valence-electron chi connectivity index (χ2n) is 7.19. The Bertz CT molecular complexity index is 977. The molecule has 2 heterocycles. The van der Waals surface area contributed by atoms with Crippen molar-refractivity contribution in [3.8, 4) is 5.75 Å². The molecule has 1 aromatic carbocycles. The first-order chi connectivity index (χ1) is 13.7. The zero-order valence-corrected chi connectivity index (χ0v) is 15.7. The molecule has 9 heteroatoms. The third-order valence-electron chi connectivity index (χ3n) is 5.38. The van der Waals surface area contributed by atoms with Gasteiger partial charge in [-0.2, -0.15) is 0 Å². The highest BCUT2D eigenvalue weighted by Crippen LogP contribution is 2.55. The number of aryl methyl sites for hydroxylation is 1. The summed E-state index contributed by atoms with van der Waals surface area (Å²) in [4.78, 5) is 33.2. The number of alkyl halides is 3. The number of anilines is 2. The summed E-state index contributed by atoms with van der Waals surface area (Å²) in [7, 11) is 0. The summed E-state index contributed by atoms with van der Waals surface area (Å²) in [6.07, 6.45) is -2.02. The molecule has 0 radical (unpaired) electrons. The smallest absolute Gasteiger partial charge is 0.406 e. The molecule has 1 spiro atoms. The number of nitrogens with zero attached hydrogens (tertiary/aromatic N) is 3. The van der Waals surface area contributed by atoms with E-state index in [-0.39, 0.29) is 17.5 Å². The molecule has 1 aliphatic carbocycles. The van der Waals surface area contributed by atoms with Gasteiger partial charge in [0.05, 0.1) is 5.69 Å². The Labute approximate surface area is 164 Å². The number of pyridine rings is 1. The minimum Gasteiger partial charge on any atom is -0.406 e. The minimum atomic E-state index is -4.82. The Balaban J connectivity index is 1.69. The fourth-order valence-corrected chi connectivity index (χ4v) is 3.83. The molecule has 29 heavy (non-hydrogen) atoms. The summed E-state index contributed by atoms with van der Waals surface area (Å²) < 4.78 is 41.0. The molecule has 3 amide bonds. The van der Waals surface area contributed by atoms with Gasteiger partial charge in [-0.25, -0.2) is 9.69 Å². The van der Waals surface area contributed by atoms with Gasteiger partial charge in [0.1, 0.15) is 11.3 Å². The Morgan fingerprint density at radius 3 is 2.38 bits per heavy atom. The van der Waals surface area contributed by atoms with Crippen molar-refractivity contribution in [3.63, 3.8) is 0 Å². The van der Waals surface area contributed by atoms with Crippen LogP contribution in [0.3, 0.4) is 0 Å². The van der Waals surface area contributed by atoms with Crippen LogP contribution in [0.5, 0.6) is 5.75 Å². The number of imide groups is 1. The number of halogens is 3. The molecule has 4 rings (SSSR count). The zero-order valence-electron chi connectivity index (χ0n) is 15.7. The van der Waals surface area contributed by atoms with Crippen LogP contribution in [-0.2, 0) is 11.2 Å². The van der Waals surface area contributed by atoms with E-state index in [0.29, 0.717) is 18.5 Å². The first kappa shape index (κ1) is 19.2. The molecular formula is C20H18F3N3O3. The SMILES string of the molecule is CCc1cc(N2C(=O)N(c3ccc(OC(F)(F)F)cc3)C(=O)C23CC3C)ccn1. The van der Waals surface area contributed by atoms with Crippen molar-refractivity contribution < 1.29 is 27.5 Å². The number of ether oxygens (including phenoxy) is 1. The maximum Gasteiger partial charge on any atom is 0.573 e. The van der Waals surface area contributed by atoms with Crippen molar-refractivity contribution in [1.29, 1.82) is 0 Å². The average Bonchev–Trinajstić information content (AvgIpc) is 3.27. The highest BCUT2D eigenvalue weighted by Gasteiger charge is 2.70.